The Morgan fingerprint density at radius 3 is 2.42 bits per heavy atom. The summed E-state index contributed by atoms with van der Waals surface area (Å²) in [6.45, 7) is 8.08. The number of nitrogens with two attached hydrogens (primary N) is 1. The molecule has 0 aliphatic carbocycles. The van der Waals surface area contributed by atoms with Crippen molar-refractivity contribution in [2.75, 3.05) is 36.9 Å². The van der Waals surface area contributed by atoms with Gasteiger partial charge in [0.05, 0.1) is 19.5 Å². The molecule has 6 rings (SSSR count). The van der Waals surface area contributed by atoms with Crippen LogP contribution in [-0.2, 0) is 40.9 Å². The monoisotopic (exact) mass is 931 g/mol. The first-order chi connectivity index (χ1) is 29.1. The van der Waals surface area contributed by atoms with Crippen LogP contribution in [0.2, 0.25) is 0 Å². The van der Waals surface area contributed by atoms with Gasteiger partial charge in [0.2, 0.25) is 5.91 Å². The Kier molecular flexibility index (Phi) is 14.8. The highest BCUT2D eigenvalue weighted by atomic mass is 31.3. The number of fused-ring (bicyclic) bond motifs is 3. The van der Waals surface area contributed by atoms with E-state index in [1.807, 2.05) is 13.0 Å². The number of hydrogen-bond donors (Lipinski definition) is 7. The number of unbranched alkanes of at least 4 members (excludes halogenated alkanes) is 3. The molecular formula is C36H52N7O16P3. The Morgan fingerprint density at radius 1 is 0.968 bits per heavy atom. The van der Waals surface area contributed by atoms with E-state index in [2.05, 4.69) is 65.2 Å². The lowest BCUT2D eigenvalue weighted by molar-refractivity contribution is -0.121. The first-order valence-corrected chi connectivity index (χ1v) is 24.3. The first-order valence-electron chi connectivity index (χ1n) is 19.8. The van der Waals surface area contributed by atoms with Crippen molar-refractivity contribution >= 4 is 63.0 Å². The molecule has 26 heteroatoms. The quantitative estimate of drug-likeness (QED) is 0.0373. The summed E-state index contributed by atoms with van der Waals surface area (Å²) in [6.07, 6.45) is -0.0405. The molecule has 23 nitrogen and oxygen atoms in total. The van der Waals surface area contributed by atoms with E-state index in [1.54, 1.807) is 0 Å². The van der Waals surface area contributed by atoms with Crippen molar-refractivity contribution < 1.29 is 70.2 Å². The molecule has 0 spiro atoms. The molecule has 8 atom stereocenters. The zero-order chi connectivity index (χ0) is 45.2. The molecule has 4 aromatic rings. The molecule has 2 aliphatic rings. The third-order valence-electron chi connectivity index (χ3n) is 10.7. The second kappa shape index (κ2) is 19.2. The number of ether oxygens (including phenoxy) is 1. The number of aromatic nitrogens is 4. The fourth-order valence-corrected chi connectivity index (χ4v) is 11.4. The molecule has 2 aliphatic heterocycles. The van der Waals surface area contributed by atoms with E-state index in [0.29, 0.717) is 56.7 Å². The van der Waals surface area contributed by atoms with Gasteiger partial charge in [0, 0.05) is 48.3 Å². The fraction of sp³-hybridized carbons (Fsp3) is 0.583. The van der Waals surface area contributed by atoms with Crippen LogP contribution in [0.1, 0.15) is 89.0 Å². The lowest BCUT2D eigenvalue weighted by Gasteiger charge is -2.47. The molecule has 0 bridgehead atoms. The first kappa shape index (κ1) is 47.8. The SMILES string of the molecule is Cc1cc(=O)oc2cc3c(cc12)C(C)CC(C)(C)N3CCCC(=O)NCCCCCCOP(=O)(O)OP(=O)(O)OP(=O)(O)OC[C@H]1O[C@@H](n2cnc3c(N)ncnc32)[C@H](O)[C@@H]1O. The van der Waals surface area contributed by atoms with Crippen LogP contribution < -0.4 is 21.6 Å². The number of phosphoric ester groups is 2. The van der Waals surface area contributed by atoms with Crippen LogP contribution in [0.5, 0.6) is 0 Å². The maximum absolute atomic E-state index is 12.7. The van der Waals surface area contributed by atoms with Gasteiger partial charge in [-0.05, 0) is 69.6 Å². The zero-order valence-corrected chi connectivity index (χ0v) is 37.1. The normalized spacial score (nSPS) is 24.1. The molecule has 0 radical (unpaired) electrons. The predicted octanol–water partition coefficient (Wildman–Crippen LogP) is 4.06. The zero-order valence-electron chi connectivity index (χ0n) is 34.4. The number of nitrogens with one attached hydrogen (secondary N) is 1. The lowest BCUT2D eigenvalue weighted by Crippen LogP contribution is -2.49. The number of amides is 1. The van der Waals surface area contributed by atoms with Gasteiger partial charge in [-0.25, -0.2) is 33.4 Å². The van der Waals surface area contributed by atoms with E-state index in [0.717, 1.165) is 29.4 Å². The Hall–Kier alpha value is -3.66. The van der Waals surface area contributed by atoms with Crippen LogP contribution >= 0.6 is 23.5 Å². The number of nitrogens with zero attached hydrogens (tertiary/aromatic N) is 5. The second-order valence-corrected chi connectivity index (χ2v) is 20.6. The number of carbonyl (C=O) groups is 1. The number of aliphatic hydroxyl groups excluding tert-OH is 2. The van der Waals surface area contributed by atoms with Crippen LogP contribution in [-0.4, -0.2) is 100 Å². The molecule has 5 heterocycles. The van der Waals surface area contributed by atoms with Crippen molar-refractivity contribution in [2.45, 2.75) is 109 Å². The van der Waals surface area contributed by atoms with E-state index < -0.39 is 66.8 Å². The Labute approximate surface area is 355 Å². The van der Waals surface area contributed by atoms with Crippen LogP contribution in [0, 0.1) is 6.92 Å². The number of imidazole rings is 1. The molecule has 62 heavy (non-hydrogen) atoms. The lowest BCUT2D eigenvalue weighted by atomic mass is 9.79. The number of anilines is 2. The molecule has 8 N–H and O–H groups in total. The summed E-state index contributed by atoms with van der Waals surface area (Å²) in [6, 6.07) is 5.54. The summed E-state index contributed by atoms with van der Waals surface area (Å²) in [5.74, 6) is 0.222. The largest absolute Gasteiger partial charge is 0.490 e. The minimum Gasteiger partial charge on any atom is -0.423 e. The van der Waals surface area contributed by atoms with Crippen LogP contribution in [0.25, 0.3) is 22.1 Å². The number of aryl methyl sites for hydroxylation is 1. The van der Waals surface area contributed by atoms with Gasteiger partial charge in [0.25, 0.3) is 0 Å². The fourth-order valence-electron chi connectivity index (χ4n) is 7.84. The summed E-state index contributed by atoms with van der Waals surface area (Å²) in [4.78, 5) is 68.8. The van der Waals surface area contributed by atoms with Crippen LogP contribution in [0.15, 0.2) is 40.1 Å². The van der Waals surface area contributed by atoms with Gasteiger partial charge in [-0.2, -0.15) is 8.62 Å². The van der Waals surface area contributed by atoms with Crippen molar-refractivity contribution in [3.8, 4) is 0 Å². The van der Waals surface area contributed by atoms with Crippen LogP contribution in [0.4, 0.5) is 11.5 Å². The van der Waals surface area contributed by atoms with E-state index in [9.17, 15) is 48.2 Å². The van der Waals surface area contributed by atoms with E-state index >= 15 is 0 Å². The standard InChI is InChI=1S/C36H52N7O16P3/c1-21-14-29(45)56-26-16-25-23(15-24(21)26)22(2)17-36(3,4)43(25)12-9-10-28(44)38-11-7-5-6-8-13-54-60(48,49)58-62(52,53)59-61(50,51)55-18-27-31(46)32(47)35(57-27)42-20-41-30-33(37)39-19-40-34(30)42/h14-16,19-20,22,27,31-32,35,46-47H,5-13,17-18H2,1-4H3,(H,38,44)(H,48,49)(H,50,51)(H,52,53)(H2,37,39,40)/t22?,27-,31-,32-,35-/m1/s1. The van der Waals surface area contributed by atoms with Gasteiger partial charge < -0.3 is 50.0 Å². The highest BCUT2D eigenvalue weighted by Crippen LogP contribution is 2.67. The van der Waals surface area contributed by atoms with Gasteiger partial charge in [0.15, 0.2) is 17.7 Å². The maximum atomic E-state index is 12.7. The summed E-state index contributed by atoms with van der Waals surface area (Å²) < 4.78 is 67.1. The molecule has 1 amide bonds. The topological polar surface area (TPSA) is 331 Å². The average Bonchev–Trinajstić information content (AvgIpc) is 3.71. The summed E-state index contributed by atoms with van der Waals surface area (Å²) in [5.41, 5.74) is 9.08. The molecule has 1 fully saturated rings. The smallest absolute Gasteiger partial charge is 0.423 e. The van der Waals surface area contributed by atoms with Crippen molar-refractivity contribution in [2.24, 2.45) is 0 Å². The number of benzene rings is 1. The number of aliphatic hydroxyl groups is 2. The Morgan fingerprint density at radius 2 is 1.68 bits per heavy atom. The number of phosphoric acid groups is 3. The van der Waals surface area contributed by atoms with E-state index in [-0.39, 0.29) is 34.8 Å². The molecule has 342 valence electrons. The van der Waals surface area contributed by atoms with Crippen molar-refractivity contribution in [3.05, 3.63) is 52.4 Å². The summed E-state index contributed by atoms with van der Waals surface area (Å²) in [5, 5.41) is 24.8. The Bertz CT molecular complexity index is 2470. The molecule has 3 aromatic heterocycles. The van der Waals surface area contributed by atoms with Crippen molar-refractivity contribution in [1.29, 1.82) is 0 Å². The third-order valence-corrected chi connectivity index (χ3v) is 15.0. The second-order valence-electron chi connectivity index (χ2n) is 15.9. The van der Waals surface area contributed by atoms with Crippen LogP contribution in [0.3, 0.4) is 0 Å². The molecule has 4 unspecified atom stereocenters. The minimum absolute atomic E-state index is 0.0378. The summed E-state index contributed by atoms with van der Waals surface area (Å²) in [7, 11) is -16.6. The molecule has 1 saturated heterocycles. The minimum atomic E-state index is -5.76. The molecule has 0 saturated carbocycles. The number of carbonyl (C=O) groups excluding carboxylic acids is 1. The van der Waals surface area contributed by atoms with Gasteiger partial charge >= 0.3 is 29.1 Å². The highest BCUT2D eigenvalue weighted by Gasteiger charge is 2.47. The van der Waals surface area contributed by atoms with Gasteiger partial charge in [-0.1, -0.05) is 19.8 Å². The van der Waals surface area contributed by atoms with Crippen molar-refractivity contribution in [1.82, 2.24) is 24.8 Å². The Balaban J connectivity index is 0.859. The average molecular weight is 932 g/mol. The number of hydrogen-bond acceptors (Lipinski definition) is 18. The van der Waals surface area contributed by atoms with Crippen molar-refractivity contribution in [3.63, 3.8) is 0 Å². The highest BCUT2D eigenvalue weighted by molar-refractivity contribution is 7.66. The number of rotatable bonds is 20. The molecule has 1 aromatic carbocycles. The predicted molar refractivity (Wildman–Crippen MR) is 222 cm³/mol. The van der Waals surface area contributed by atoms with E-state index in [4.69, 9.17) is 19.4 Å². The maximum Gasteiger partial charge on any atom is 0.490 e. The van der Waals surface area contributed by atoms with Gasteiger partial charge in [-0.15, -0.1) is 0 Å². The van der Waals surface area contributed by atoms with E-state index in [1.165, 1.54) is 22.5 Å². The van der Waals surface area contributed by atoms with Gasteiger partial charge in [0.1, 0.15) is 35.7 Å². The number of nitrogen functional groups attached to an aromatic ring is 1. The molecular weight excluding hydrogens is 879 g/mol. The third kappa shape index (κ3) is 11.5. The van der Waals surface area contributed by atoms with Gasteiger partial charge in [-0.3, -0.25) is 18.4 Å². The summed E-state index contributed by atoms with van der Waals surface area (Å²) >= 11 is 0.